The second-order valence-electron chi connectivity index (χ2n) is 14.6. The number of benzene rings is 3. The number of para-hydroxylation sites is 1. The number of carbonyl (C=O) groups is 2. The lowest BCUT2D eigenvalue weighted by molar-refractivity contribution is -0.150. The fourth-order valence-corrected chi connectivity index (χ4v) is 8.48. The first-order chi connectivity index (χ1) is 24.7. The molecule has 51 heavy (non-hydrogen) atoms. The molecule has 1 amide bonds. The molecule has 3 N–H and O–H groups in total. The van der Waals surface area contributed by atoms with Gasteiger partial charge in [0.25, 0.3) is 0 Å². The van der Waals surface area contributed by atoms with Crippen LogP contribution in [0.25, 0.3) is 44.9 Å². The molecule has 3 aromatic heterocycles. The van der Waals surface area contributed by atoms with E-state index in [1.54, 1.807) is 20.0 Å². The van der Waals surface area contributed by atoms with Crippen molar-refractivity contribution in [3.63, 3.8) is 0 Å². The summed E-state index contributed by atoms with van der Waals surface area (Å²) < 4.78 is 25.9. The van der Waals surface area contributed by atoms with E-state index in [1.165, 1.54) is 0 Å². The summed E-state index contributed by atoms with van der Waals surface area (Å²) in [6.07, 6.45) is 3.01. The number of carbonyl (C=O) groups excluding carboxylic acids is 2. The van der Waals surface area contributed by atoms with Crippen LogP contribution in [-0.4, -0.2) is 39.2 Å². The highest BCUT2D eigenvalue weighted by Crippen LogP contribution is 2.61. The third-order valence-electron chi connectivity index (χ3n) is 10.7. The summed E-state index contributed by atoms with van der Waals surface area (Å²) in [4.78, 5) is 40.5. The third-order valence-corrected chi connectivity index (χ3v) is 10.7. The minimum Gasteiger partial charge on any atom is -0.469 e. The average Bonchev–Trinajstić information content (AvgIpc) is 3.92. The molecular formula is C40H35N5O6. The van der Waals surface area contributed by atoms with E-state index in [4.69, 9.17) is 28.3 Å². The molecule has 256 valence electrons. The largest absolute Gasteiger partial charge is 0.469 e. The Hall–Kier alpha value is -5.84. The molecule has 0 saturated carbocycles. The number of amides is 1. The molecule has 6 aromatic rings. The first-order valence-electron chi connectivity index (χ1n) is 17.5. The number of aromatic nitrogens is 3. The summed E-state index contributed by atoms with van der Waals surface area (Å²) in [5.41, 5.74) is 6.94. The fraction of sp³-hybridized carbons (Fsp3) is 0.300. The molecule has 4 atom stereocenters. The van der Waals surface area contributed by atoms with E-state index in [0.717, 1.165) is 50.0 Å². The van der Waals surface area contributed by atoms with E-state index in [-0.39, 0.29) is 24.3 Å². The molecule has 1 spiro atoms. The molecule has 0 radical (unpaired) electrons. The molecule has 10 bridgehead atoms. The van der Waals surface area contributed by atoms with Gasteiger partial charge in [-0.2, -0.15) is 0 Å². The molecule has 11 heteroatoms. The molecule has 4 aliphatic rings. The van der Waals surface area contributed by atoms with Gasteiger partial charge in [-0.05, 0) is 49.4 Å². The lowest BCUT2D eigenvalue weighted by Gasteiger charge is -2.28. The van der Waals surface area contributed by atoms with Gasteiger partial charge in [-0.25, -0.2) is 9.97 Å². The number of hydrogen-bond donors (Lipinski definition) is 3. The molecule has 0 aliphatic carbocycles. The molecule has 2 unspecified atom stereocenters. The Morgan fingerprint density at radius 2 is 1.84 bits per heavy atom. The minimum absolute atomic E-state index is 0.0722. The molecule has 10 rings (SSSR count). The van der Waals surface area contributed by atoms with Gasteiger partial charge in [-0.15, -0.1) is 0 Å². The predicted molar refractivity (Wildman–Crippen MR) is 188 cm³/mol. The van der Waals surface area contributed by atoms with Crippen molar-refractivity contribution in [2.75, 3.05) is 5.32 Å². The zero-order chi connectivity index (χ0) is 34.8. The highest BCUT2D eigenvalue weighted by atomic mass is 16.5. The number of oxazole rings is 2. The Bertz CT molecular complexity index is 2440. The monoisotopic (exact) mass is 681 g/mol. The van der Waals surface area contributed by atoms with Crippen LogP contribution in [0.15, 0.2) is 75.8 Å². The minimum atomic E-state index is -1.02. The first kappa shape index (κ1) is 30.0. The van der Waals surface area contributed by atoms with Crippen LogP contribution in [-0.2, 0) is 26.2 Å². The van der Waals surface area contributed by atoms with Gasteiger partial charge in [0.1, 0.15) is 17.2 Å². The van der Waals surface area contributed by atoms with Crippen molar-refractivity contribution in [3.8, 4) is 39.8 Å². The standard InChI is InChI=1S/C40H35N5O6/c1-18(2)32-38-44-34-35(51-38)40-25-9-5-8-23(22-7-6-10-27-31(22)24(16-41-27)29-17-42-37(34)49-29)33(25)45-39(40)50-28-12-11-20(14-26(28)40)13-21(36(47)43-32)15-30(46)48-19(3)4/h5-12,14,16-19,21,32,39,41,45H,13,15H2,1-4H3,(H,43,47)/t21?,32-,39-,40?/m0/s1. The number of anilines is 1. The Morgan fingerprint density at radius 1 is 1.00 bits per heavy atom. The van der Waals surface area contributed by atoms with E-state index in [1.807, 2.05) is 38.2 Å². The van der Waals surface area contributed by atoms with E-state index in [9.17, 15) is 9.59 Å². The van der Waals surface area contributed by atoms with Crippen molar-refractivity contribution in [2.45, 2.75) is 64.3 Å². The van der Waals surface area contributed by atoms with Crippen LogP contribution < -0.4 is 15.4 Å². The van der Waals surface area contributed by atoms with E-state index in [2.05, 4.69) is 52.0 Å². The number of rotatable bonds is 4. The van der Waals surface area contributed by atoms with E-state index < -0.39 is 29.6 Å². The van der Waals surface area contributed by atoms with Crippen LogP contribution in [0, 0.1) is 11.8 Å². The fourth-order valence-electron chi connectivity index (χ4n) is 8.48. The van der Waals surface area contributed by atoms with Crippen molar-refractivity contribution < 1.29 is 27.9 Å². The highest BCUT2D eigenvalue weighted by Gasteiger charge is 2.61. The van der Waals surface area contributed by atoms with Crippen molar-refractivity contribution in [1.82, 2.24) is 20.3 Å². The average molecular weight is 682 g/mol. The Labute approximate surface area is 292 Å². The predicted octanol–water partition coefficient (Wildman–Crippen LogP) is 7.26. The summed E-state index contributed by atoms with van der Waals surface area (Å²) >= 11 is 0. The number of nitrogens with zero attached hydrogens (tertiary/aromatic N) is 2. The summed E-state index contributed by atoms with van der Waals surface area (Å²) in [6.45, 7) is 7.61. The van der Waals surface area contributed by atoms with Gasteiger partial charge >= 0.3 is 5.97 Å². The molecule has 7 heterocycles. The van der Waals surface area contributed by atoms with Crippen LogP contribution in [0.3, 0.4) is 0 Å². The van der Waals surface area contributed by atoms with Crippen LogP contribution in [0.2, 0.25) is 0 Å². The van der Waals surface area contributed by atoms with Gasteiger partial charge in [-0.1, -0.05) is 56.3 Å². The zero-order valence-corrected chi connectivity index (χ0v) is 28.5. The molecule has 3 aromatic carbocycles. The SMILES string of the molecule is CC(C)OC(=O)CC1Cc2ccc3c(c2)C24c5cccc(c5N[C@H]2O3)-c2cccc3[nH]cc(c23)-c2cnc(o2)-c2nc(oc24)[C@H](C(C)C)NC1=O. The number of H-pyrrole nitrogens is 1. The Balaban J connectivity index is 1.29. The maximum absolute atomic E-state index is 14.1. The maximum Gasteiger partial charge on any atom is 0.306 e. The second-order valence-corrected chi connectivity index (χ2v) is 14.6. The smallest absolute Gasteiger partial charge is 0.306 e. The van der Waals surface area contributed by atoms with Gasteiger partial charge < -0.3 is 33.9 Å². The molecule has 0 saturated heterocycles. The quantitative estimate of drug-likeness (QED) is 0.164. The van der Waals surface area contributed by atoms with Gasteiger partial charge in [0, 0.05) is 45.0 Å². The molecule has 4 aliphatic heterocycles. The topological polar surface area (TPSA) is 145 Å². The molecular weight excluding hydrogens is 646 g/mol. The summed E-state index contributed by atoms with van der Waals surface area (Å²) in [5, 5.41) is 8.00. The summed E-state index contributed by atoms with van der Waals surface area (Å²) in [7, 11) is 0. The second kappa shape index (κ2) is 10.6. The maximum atomic E-state index is 14.1. The summed E-state index contributed by atoms with van der Waals surface area (Å²) in [5.74, 6) is 0.875. The van der Waals surface area contributed by atoms with Gasteiger partial charge in [0.15, 0.2) is 23.4 Å². The lowest BCUT2D eigenvalue weighted by Crippen LogP contribution is -2.40. The number of nitrogens with one attached hydrogen (secondary N) is 3. The highest BCUT2D eigenvalue weighted by molar-refractivity contribution is 6.07. The van der Waals surface area contributed by atoms with Crippen LogP contribution in [0.1, 0.15) is 68.5 Å². The normalized spacial score (nSPS) is 22.2. The zero-order valence-electron chi connectivity index (χ0n) is 28.5. The van der Waals surface area contributed by atoms with Gasteiger partial charge in [0.2, 0.25) is 17.7 Å². The number of fused-ring (bicyclic) bond motifs is 7. The van der Waals surface area contributed by atoms with E-state index in [0.29, 0.717) is 41.2 Å². The Morgan fingerprint density at radius 3 is 2.69 bits per heavy atom. The number of hydrogen-bond acceptors (Lipinski definition) is 9. The van der Waals surface area contributed by atoms with Gasteiger partial charge in [0.05, 0.1) is 24.6 Å². The van der Waals surface area contributed by atoms with Crippen LogP contribution >= 0.6 is 0 Å². The van der Waals surface area contributed by atoms with Crippen molar-refractivity contribution in [1.29, 1.82) is 0 Å². The lowest BCUT2D eigenvalue weighted by atomic mass is 9.72. The summed E-state index contributed by atoms with van der Waals surface area (Å²) in [6, 6.07) is 17.9. The van der Waals surface area contributed by atoms with Crippen molar-refractivity contribution >= 4 is 28.5 Å². The van der Waals surface area contributed by atoms with Crippen LogP contribution in [0.4, 0.5) is 5.69 Å². The van der Waals surface area contributed by atoms with Crippen molar-refractivity contribution in [3.05, 3.63) is 95.3 Å². The number of esters is 1. The van der Waals surface area contributed by atoms with Gasteiger partial charge in [-0.3, -0.25) is 9.59 Å². The number of aromatic amines is 1. The third kappa shape index (κ3) is 4.17. The Kier molecular flexibility index (Phi) is 6.23. The molecule has 11 nitrogen and oxygen atoms in total. The van der Waals surface area contributed by atoms with E-state index >= 15 is 0 Å². The number of ether oxygens (including phenoxy) is 2. The van der Waals surface area contributed by atoms with Crippen molar-refractivity contribution in [2.24, 2.45) is 11.8 Å². The first-order valence-corrected chi connectivity index (χ1v) is 17.5. The van der Waals surface area contributed by atoms with Crippen LogP contribution in [0.5, 0.6) is 5.75 Å². The molecule has 0 fully saturated rings.